The number of allylic oxidation sites excluding steroid dienone is 2. The summed E-state index contributed by atoms with van der Waals surface area (Å²) in [6, 6.07) is 32.6. The first-order valence-corrected chi connectivity index (χ1v) is 24.3. The number of aromatic nitrogens is 2. The van der Waals surface area contributed by atoms with Crippen LogP contribution in [-0.4, -0.2) is 27.0 Å². The van der Waals surface area contributed by atoms with Crippen LogP contribution in [0.5, 0.6) is 0 Å². The average Bonchev–Trinajstić information content (AvgIpc) is 3.30. The van der Waals surface area contributed by atoms with E-state index in [4.69, 9.17) is 2.74 Å². The molecule has 0 spiro atoms. The van der Waals surface area contributed by atoms with Crippen molar-refractivity contribution < 1.29 is 45.9 Å². The van der Waals surface area contributed by atoms with Gasteiger partial charge in [0.2, 0.25) is 0 Å². The van der Waals surface area contributed by atoms with Crippen LogP contribution in [0.2, 0.25) is 0 Å². The zero-order valence-electron chi connectivity index (χ0n) is 42.4. The summed E-state index contributed by atoms with van der Waals surface area (Å²) in [7, 11) is 0. The molecule has 0 amide bonds. The van der Waals surface area contributed by atoms with Crippen LogP contribution < -0.4 is 0 Å². The molecule has 2 aliphatic rings. The monoisotopic (exact) mass is 1090 g/mol. The number of aliphatic hydroxyl groups excluding tert-OH is 1. The van der Waals surface area contributed by atoms with E-state index < -0.39 is 24.3 Å². The van der Waals surface area contributed by atoms with Crippen LogP contribution in [0.4, 0.5) is 13.2 Å². The molecular formula is C59H69F3IrN2O2-2. The van der Waals surface area contributed by atoms with Gasteiger partial charge in [-0.25, -0.2) is 0 Å². The number of pyridine rings is 2. The number of nitrogens with zero attached hydrogens (tertiary/aromatic N) is 2. The third-order valence-corrected chi connectivity index (χ3v) is 13.5. The zero-order valence-corrected chi connectivity index (χ0v) is 42.8. The van der Waals surface area contributed by atoms with Gasteiger partial charge in [-0.05, 0) is 113 Å². The molecule has 359 valence electrons. The standard InChI is InChI=1S/2C23H24N.C13H21F3O2.Ir/c2*1-16-12-17(2)14-21(13-16)23-22-9-8-19(15-20(22)10-11-24-23)18-6-4-3-5-7-18;1-4-9(5-2)11(17)7-12(18)10(6-3)8-13(14,15)16;/h2*8-13,15,18H,3-7H2,1-2H3;7,9-10,18H,4-6,8H2,1-3H3;/q2*-1;;/b;;12-7-;/i2*11D;;. The Morgan fingerprint density at radius 3 is 1.46 bits per heavy atom. The minimum absolute atomic E-state index is 0. The summed E-state index contributed by atoms with van der Waals surface area (Å²) in [4.78, 5) is 20.7. The number of hydrogen-bond acceptors (Lipinski definition) is 4. The van der Waals surface area contributed by atoms with Crippen molar-refractivity contribution >= 4 is 27.3 Å². The molecule has 2 heterocycles. The predicted octanol–water partition coefficient (Wildman–Crippen LogP) is 17.1. The Kier molecular flexibility index (Phi) is 18.8. The third-order valence-electron chi connectivity index (χ3n) is 13.5. The molecule has 0 bridgehead atoms. The Morgan fingerprint density at radius 1 is 0.672 bits per heavy atom. The number of aryl methyl sites for hydroxylation is 4. The summed E-state index contributed by atoms with van der Waals surface area (Å²) in [5, 5.41) is 14.1. The van der Waals surface area contributed by atoms with Gasteiger partial charge in [0.1, 0.15) is 0 Å². The Balaban J connectivity index is 0.000000195. The van der Waals surface area contributed by atoms with Crippen LogP contribution in [0.15, 0.2) is 97.0 Å². The van der Waals surface area contributed by atoms with Gasteiger partial charge in [0.25, 0.3) is 0 Å². The molecule has 1 atom stereocenters. The summed E-state index contributed by atoms with van der Waals surface area (Å²) in [5.74, 6) is -0.642. The first-order chi connectivity index (χ1) is 32.4. The molecule has 1 N–H and O–H groups in total. The summed E-state index contributed by atoms with van der Waals surface area (Å²) in [6.07, 6.45) is 10.9. The largest absolute Gasteiger partial charge is 0.512 e. The number of rotatable bonds is 11. The molecule has 8 rings (SSSR count). The molecule has 2 fully saturated rings. The molecule has 2 aliphatic carbocycles. The van der Waals surface area contributed by atoms with E-state index in [0.717, 1.165) is 61.3 Å². The van der Waals surface area contributed by atoms with E-state index in [-0.39, 0.29) is 38.2 Å². The maximum absolute atomic E-state index is 12.3. The molecule has 1 radical (unpaired) electrons. The van der Waals surface area contributed by atoms with Crippen LogP contribution in [0.25, 0.3) is 44.1 Å². The van der Waals surface area contributed by atoms with Crippen LogP contribution in [-0.2, 0) is 24.9 Å². The average molecular weight is 1090 g/mol. The van der Waals surface area contributed by atoms with Crippen molar-refractivity contribution in [2.75, 3.05) is 0 Å². The van der Waals surface area contributed by atoms with Gasteiger partial charge in [-0.3, -0.25) is 4.79 Å². The van der Waals surface area contributed by atoms with E-state index in [2.05, 4.69) is 110 Å². The summed E-state index contributed by atoms with van der Waals surface area (Å²) < 4.78 is 53.1. The number of ketones is 1. The van der Waals surface area contributed by atoms with Crippen molar-refractivity contribution in [3.8, 4) is 22.5 Å². The van der Waals surface area contributed by atoms with Crippen LogP contribution in [0.1, 0.15) is 159 Å². The minimum atomic E-state index is -4.33. The topological polar surface area (TPSA) is 63.1 Å². The smallest absolute Gasteiger partial charge is 0.389 e. The van der Waals surface area contributed by atoms with Crippen LogP contribution >= 0.6 is 0 Å². The van der Waals surface area contributed by atoms with Crippen LogP contribution in [0.3, 0.4) is 0 Å². The van der Waals surface area contributed by atoms with Gasteiger partial charge in [-0.2, -0.15) is 13.2 Å². The van der Waals surface area contributed by atoms with Gasteiger partial charge in [0.05, 0.1) is 14.9 Å². The fourth-order valence-corrected chi connectivity index (χ4v) is 9.93. The predicted molar refractivity (Wildman–Crippen MR) is 267 cm³/mol. The SMILES string of the molecule is CCC(CC)C(=O)/C=C(\O)C(CC)CC(F)(F)F.[2H]c1cc2cc(C3CCCCC3)ccc2c(-c2[c-]c(C)cc(C)c2)n1.[2H]c1cc2cc(C3CCCCC3)ccc2c(-c2[c-]c(C)cc(C)c2)n1.[Ir]. The molecule has 0 aliphatic heterocycles. The number of halogens is 3. The van der Waals surface area contributed by atoms with E-state index in [1.165, 1.54) is 86.5 Å². The molecule has 67 heavy (non-hydrogen) atoms. The second-order valence-corrected chi connectivity index (χ2v) is 18.7. The summed E-state index contributed by atoms with van der Waals surface area (Å²) >= 11 is 0. The van der Waals surface area contributed by atoms with Crippen molar-refractivity contribution in [1.82, 2.24) is 9.97 Å². The van der Waals surface area contributed by atoms with Gasteiger partial charge in [0.15, 0.2) is 5.78 Å². The number of carbonyl (C=O) groups excluding carboxylic acids is 1. The maximum atomic E-state index is 12.3. The van der Waals surface area contributed by atoms with Crippen molar-refractivity contribution in [2.45, 2.75) is 156 Å². The van der Waals surface area contributed by atoms with E-state index >= 15 is 0 Å². The number of benzene rings is 4. The molecule has 2 saturated carbocycles. The Bertz CT molecular complexity index is 2510. The summed E-state index contributed by atoms with van der Waals surface area (Å²) in [5.41, 5.74) is 11.2. The minimum Gasteiger partial charge on any atom is -0.512 e. The molecule has 0 saturated heterocycles. The molecular weight excluding hydrogens is 1020 g/mol. The van der Waals surface area contributed by atoms with Crippen molar-refractivity contribution in [3.05, 3.63) is 142 Å². The number of hydrogen-bond donors (Lipinski definition) is 1. The first-order valence-electron chi connectivity index (χ1n) is 25.3. The summed E-state index contributed by atoms with van der Waals surface area (Å²) in [6.45, 7) is 13.5. The molecule has 4 aromatic carbocycles. The molecule has 6 aromatic rings. The second kappa shape index (κ2) is 25.1. The normalized spacial score (nSPS) is 15.7. The fourth-order valence-electron chi connectivity index (χ4n) is 9.93. The number of aliphatic hydroxyl groups is 1. The van der Waals surface area contributed by atoms with E-state index in [0.29, 0.717) is 37.0 Å². The van der Waals surface area contributed by atoms with E-state index in [1.807, 2.05) is 26.0 Å². The van der Waals surface area contributed by atoms with Crippen molar-refractivity contribution in [2.24, 2.45) is 11.8 Å². The zero-order chi connectivity index (χ0) is 49.1. The quantitative estimate of drug-likeness (QED) is 0.0798. The maximum Gasteiger partial charge on any atom is 0.389 e. The first kappa shape index (κ1) is 50.2. The Labute approximate surface area is 414 Å². The van der Waals surface area contributed by atoms with Crippen LogP contribution in [0, 0.1) is 51.7 Å². The van der Waals surface area contributed by atoms with E-state index in [1.54, 1.807) is 6.92 Å². The van der Waals surface area contributed by atoms with Crippen molar-refractivity contribution in [3.63, 3.8) is 0 Å². The van der Waals surface area contributed by atoms with Crippen molar-refractivity contribution in [1.29, 1.82) is 0 Å². The number of alkyl halides is 3. The third kappa shape index (κ3) is 14.9. The molecule has 2 aromatic heterocycles. The van der Waals surface area contributed by atoms with Gasteiger partial charge >= 0.3 is 6.18 Å². The van der Waals surface area contributed by atoms with Gasteiger partial charge in [-0.1, -0.05) is 123 Å². The Hall–Kier alpha value is -4.65. The van der Waals surface area contributed by atoms with E-state index in [9.17, 15) is 23.1 Å². The van der Waals surface area contributed by atoms with Gasteiger partial charge < -0.3 is 15.1 Å². The molecule has 8 heteroatoms. The molecule has 4 nitrogen and oxygen atoms in total. The van der Waals surface area contributed by atoms with Gasteiger partial charge in [0, 0.05) is 50.4 Å². The van der Waals surface area contributed by atoms with Gasteiger partial charge in [-0.15, -0.1) is 69.8 Å². The second-order valence-electron chi connectivity index (χ2n) is 18.7. The molecule has 1 unspecified atom stereocenters. The number of fused-ring (bicyclic) bond motifs is 2. The number of carbonyl (C=O) groups is 1. The fraction of sp³-hybridized carbons (Fsp3) is 0.441. The Morgan fingerprint density at radius 2 is 1.09 bits per heavy atom.